The number of anilines is 1. The van der Waals surface area contributed by atoms with Crippen molar-refractivity contribution in [2.45, 2.75) is 58.8 Å². The molecule has 0 spiro atoms. The molecule has 1 aliphatic rings. The van der Waals surface area contributed by atoms with Crippen LogP contribution in [0.1, 0.15) is 38.8 Å². The molecule has 8 nitrogen and oxygen atoms in total. The topological polar surface area (TPSA) is 87.3 Å². The standard InChI is InChI=1S/C34H40N2O6/c1-23(2)31-40-32(34(3,4)42-41-31)36-30-16-10-15-27-28(26-14-9-8-13-25(26)21-29(27)30)17-19-38-20-18-35-33(37)39-22-24-11-6-5-7-12-24/h5-16,21,23,31-32,36H,17-20,22H2,1-4H3,(H,35,37). The molecule has 1 amide bonds. The van der Waals surface area contributed by atoms with E-state index in [1.54, 1.807) is 0 Å². The first kappa shape index (κ1) is 29.8. The fourth-order valence-corrected chi connectivity index (χ4v) is 5.01. The quantitative estimate of drug-likeness (QED) is 0.114. The lowest BCUT2D eigenvalue weighted by molar-refractivity contribution is -0.485. The first-order valence-electron chi connectivity index (χ1n) is 14.5. The third-order valence-corrected chi connectivity index (χ3v) is 7.33. The third kappa shape index (κ3) is 7.20. The minimum absolute atomic E-state index is 0.142. The molecule has 0 radical (unpaired) electrons. The molecule has 4 aromatic carbocycles. The Balaban J connectivity index is 1.24. The van der Waals surface area contributed by atoms with Crippen molar-refractivity contribution in [1.29, 1.82) is 0 Å². The maximum atomic E-state index is 12.0. The number of fused-ring (bicyclic) bond motifs is 2. The van der Waals surface area contributed by atoms with Gasteiger partial charge in [-0.15, -0.1) is 0 Å². The van der Waals surface area contributed by atoms with Gasteiger partial charge in [0, 0.05) is 23.5 Å². The molecule has 0 aliphatic carbocycles. The minimum atomic E-state index is -0.691. The number of rotatable bonds is 11. The van der Waals surface area contributed by atoms with Crippen molar-refractivity contribution < 1.29 is 28.8 Å². The van der Waals surface area contributed by atoms with E-state index in [1.807, 2.05) is 58.0 Å². The SMILES string of the molecule is CC(C)C1OOC(C)(C)C(Nc2cccc3c(CCOCCNC(=O)OCc4ccccc4)c4ccccc4cc23)O1. The molecule has 2 unspecified atom stereocenters. The Hall–Kier alpha value is -3.69. The van der Waals surface area contributed by atoms with Crippen molar-refractivity contribution in [1.82, 2.24) is 5.32 Å². The summed E-state index contributed by atoms with van der Waals surface area (Å²) < 4.78 is 17.5. The second-order valence-electron chi connectivity index (χ2n) is 11.4. The van der Waals surface area contributed by atoms with E-state index in [2.05, 4.69) is 59.2 Å². The zero-order chi connectivity index (χ0) is 29.5. The van der Waals surface area contributed by atoms with Gasteiger partial charge in [0.2, 0.25) is 0 Å². The highest BCUT2D eigenvalue weighted by atomic mass is 17.2. The molecule has 8 heteroatoms. The van der Waals surface area contributed by atoms with Crippen LogP contribution in [-0.2, 0) is 37.0 Å². The summed E-state index contributed by atoms with van der Waals surface area (Å²) in [6.45, 7) is 9.49. The van der Waals surface area contributed by atoms with Crippen LogP contribution in [0.2, 0.25) is 0 Å². The predicted molar refractivity (Wildman–Crippen MR) is 164 cm³/mol. The Morgan fingerprint density at radius 1 is 0.929 bits per heavy atom. The molecule has 1 saturated heterocycles. The first-order valence-corrected chi connectivity index (χ1v) is 14.5. The van der Waals surface area contributed by atoms with E-state index in [-0.39, 0.29) is 12.5 Å². The molecule has 1 heterocycles. The molecule has 42 heavy (non-hydrogen) atoms. The molecule has 2 N–H and O–H groups in total. The minimum Gasteiger partial charge on any atom is -0.445 e. The predicted octanol–water partition coefficient (Wildman–Crippen LogP) is 6.96. The molecule has 1 fully saturated rings. The van der Waals surface area contributed by atoms with Gasteiger partial charge in [0.25, 0.3) is 0 Å². The van der Waals surface area contributed by atoms with E-state index in [0.717, 1.165) is 33.8 Å². The summed E-state index contributed by atoms with van der Waals surface area (Å²) in [6, 6.07) is 26.5. The maximum absolute atomic E-state index is 12.0. The maximum Gasteiger partial charge on any atom is 0.407 e. The number of amides is 1. The number of hydrogen-bond donors (Lipinski definition) is 2. The van der Waals surface area contributed by atoms with Crippen LogP contribution in [0, 0.1) is 5.92 Å². The van der Waals surface area contributed by atoms with Crippen molar-refractivity contribution in [2.75, 3.05) is 25.1 Å². The lowest BCUT2D eigenvalue weighted by Gasteiger charge is -2.42. The van der Waals surface area contributed by atoms with Gasteiger partial charge >= 0.3 is 6.09 Å². The molecule has 1 aliphatic heterocycles. The van der Waals surface area contributed by atoms with Gasteiger partial charge in [-0.05, 0) is 59.7 Å². The van der Waals surface area contributed by atoms with E-state index in [9.17, 15) is 4.79 Å². The van der Waals surface area contributed by atoms with Crippen LogP contribution in [0.15, 0.2) is 78.9 Å². The third-order valence-electron chi connectivity index (χ3n) is 7.33. The van der Waals surface area contributed by atoms with Gasteiger partial charge in [0.15, 0.2) is 12.5 Å². The van der Waals surface area contributed by atoms with E-state index in [1.165, 1.54) is 10.9 Å². The smallest absolute Gasteiger partial charge is 0.407 e. The average Bonchev–Trinajstić information content (AvgIpc) is 2.99. The van der Waals surface area contributed by atoms with Crippen LogP contribution in [0.25, 0.3) is 21.5 Å². The Kier molecular flexibility index (Phi) is 9.59. The highest BCUT2D eigenvalue weighted by Gasteiger charge is 2.41. The summed E-state index contributed by atoms with van der Waals surface area (Å²) in [4.78, 5) is 23.2. The number of carbonyl (C=O) groups excluding carboxylic acids is 1. The van der Waals surface area contributed by atoms with Gasteiger partial charge in [-0.1, -0.05) is 80.6 Å². The largest absolute Gasteiger partial charge is 0.445 e. The zero-order valence-electron chi connectivity index (χ0n) is 24.7. The second kappa shape index (κ2) is 13.5. The van der Waals surface area contributed by atoms with Crippen molar-refractivity contribution in [2.24, 2.45) is 5.92 Å². The second-order valence-corrected chi connectivity index (χ2v) is 11.4. The van der Waals surface area contributed by atoms with Gasteiger partial charge in [-0.25, -0.2) is 14.6 Å². The van der Waals surface area contributed by atoms with E-state index in [0.29, 0.717) is 19.8 Å². The Morgan fingerprint density at radius 3 is 2.50 bits per heavy atom. The van der Waals surface area contributed by atoms with Crippen LogP contribution >= 0.6 is 0 Å². The van der Waals surface area contributed by atoms with Crippen LogP contribution in [-0.4, -0.2) is 44.0 Å². The summed E-state index contributed by atoms with van der Waals surface area (Å²) in [5.41, 5.74) is 2.43. The van der Waals surface area contributed by atoms with Crippen molar-refractivity contribution in [3.8, 4) is 0 Å². The lowest BCUT2D eigenvalue weighted by Crippen LogP contribution is -2.54. The van der Waals surface area contributed by atoms with Crippen molar-refractivity contribution in [3.05, 3.63) is 90.0 Å². The van der Waals surface area contributed by atoms with Crippen LogP contribution in [0.5, 0.6) is 0 Å². The van der Waals surface area contributed by atoms with E-state index >= 15 is 0 Å². The summed E-state index contributed by atoms with van der Waals surface area (Å²) in [5, 5.41) is 10.9. The highest BCUT2D eigenvalue weighted by molar-refractivity contribution is 6.07. The number of ether oxygens (including phenoxy) is 3. The molecule has 4 aromatic rings. The average molecular weight is 573 g/mol. The molecule has 0 bridgehead atoms. The summed E-state index contributed by atoms with van der Waals surface area (Å²) >= 11 is 0. The fraction of sp³-hybridized carbons (Fsp3) is 0.382. The first-order chi connectivity index (χ1) is 20.3. The molecule has 0 saturated carbocycles. The Morgan fingerprint density at radius 2 is 1.69 bits per heavy atom. The summed E-state index contributed by atoms with van der Waals surface area (Å²) in [5.74, 6) is 0.142. The van der Waals surface area contributed by atoms with Crippen molar-refractivity contribution in [3.63, 3.8) is 0 Å². The number of benzene rings is 4. The van der Waals surface area contributed by atoms with Gasteiger partial charge in [-0.2, -0.15) is 0 Å². The number of carbonyl (C=O) groups is 1. The molecule has 222 valence electrons. The number of nitrogens with one attached hydrogen (secondary N) is 2. The van der Waals surface area contributed by atoms with Gasteiger partial charge in [0.05, 0.1) is 13.2 Å². The molecular formula is C34H40N2O6. The molecular weight excluding hydrogens is 532 g/mol. The molecule has 2 atom stereocenters. The summed E-state index contributed by atoms with van der Waals surface area (Å²) in [7, 11) is 0. The van der Waals surface area contributed by atoms with Gasteiger partial charge in [0.1, 0.15) is 12.2 Å². The highest BCUT2D eigenvalue weighted by Crippen LogP contribution is 2.36. The van der Waals surface area contributed by atoms with Crippen LogP contribution in [0.4, 0.5) is 10.5 Å². The van der Waals surface area contributed by atoms with E-state index < -0.39 is 24.2 Å². The number of hydrogen-bond acceptors (Lipinski definition) is 7. The Bertz CT molecular complexity index is 1490. The normalized spacial score (nSPS) is 18.3. The molecule has 5 rings (SSSR count). The van der Waals surface area contributed by atoms with Crippen LogP contribution < -0.4 is 10.6 Å². The van der Waals surface area contributed by atoms with Crippen molar-refractivity contribution >= 4 is 33.3 Å². The van der Waals surface area contributed by atoms with E-state index in [4.69, 9.17) is 24.0 Å². The molecule has 0 aromatic heterocycles. The lowest BCUT2D eigenvalue weighted by atomic mass is 9.94. The monoisotopic (exact) mass is 572 g/mol. The van der Waals surface area contributed by atoms with Gasteiger partial charge in [-0.3, -0.25) is 0 Å². The zero-order valence-corrected chi connectivity index (χ0v) is 24.7. The summed E-state index contributed by atoms with van der Waals surface area (Å²) in [6.07, 6.45) is -0.602. The number of alkyl carbamates (subject to hydrolysis) is 1. The van der Waals surface area contributed by atoms with Crippen LogP contribution in [0.3, 0.4) is 0 Å². The van der Waals surface area contributed by atoms with Gasteiger partial charge < -0.3 is 24.8 Å². The Labute approximate surface area is 247 Å². The fourth-order valence-electron chi connectivity index (χ4n) is 5.01.